The number of aromatic nitrogens is 4. The summed E-state index contributed by atoms with van der Waals surface area (Å²) in [6, 6.07) is 26.5. The third-order valence-corrected chi connectivity index (χ3v) is 6.18. The molecule has 2 heterocycles. The van der Waals surface area contributed by atoms with Gasteiger partial charge in [-0.3, -0.25) is 0 Å². The van der Waals surface area contributed by atoms with Crippen LogP contribution in [0.3, 0.4) is 0 Å². The van der Waals surface area contributed by atoms with E-state index in [0.29, 0.717) is 0 Å². The van der Waals surface area contributed by atoms with Gasteiger partial charge in [0.2, 0.25) is 12.7 Å². The van der Waals surface area contributed by atoms with E-state index in [4.69, 9.17) is 0 Å². The molecule has 0 saturated carbocycles. The average Bonchev–Trinajstić information content (AvgIpc) is 3.33. The fraction of sp³-hybridized carbons (Fsp3) is 0.286. The number of para-hydroxylation sites is 4. The van der Waals surface area contributed by atoms with E-state index < -0.39 is 0 Å². The van der Waals surface area contributed by atoms with Crippen molar-refractivity contribution in [3.63, 3.8) is 0 Å². The van der Waals surface area contributed by atoms with Gasteiger partial charge in [-0.2, -0.15) is 0 Å². The first kappa shape index (κ1) is 20.5. The Balaban J connectivity index is 1.44. The van der Waals surface area contributed by atoms with Gasteiger partial charge in [-0.1, -0.05) is 56.3 Å². The molecule has 0 unspecified atom stereocenters. The van der Waals surface area contributed by atoms with Crippen molar-refractivity contribution in [3.05, 3.63) is 96.6 Å². The van der Waals surface area contributed by atoms with Gasteiger partial charge in [0.25, 0.3) is 0 Å². The standard InChI is InChI=1S/C28H32N4/c1-3-16-29-21-31(27-14-7-5-12-25(27)29)19-23-10-9-11-24(18-23)20-32-22-30(17-4-2)26-13-6-8-15-28(26)32/h5-15,18,21-22H,3-4,16-17,19-20H2,1-2H3/q+2. The number of hydrogen-bond acceptors (Lipinski definition) is 0. The summed E-state index contributed by atoms with van der Waals surface area (Å²) >= 11 is 0. The highest BCUT2D eigenvalue weighted by molar-refractivity contribution is 5.72. The zero-order chi connectivity index (χ0) is 21.9. The second kappa shape index (κ2) is 8.99. The van der Waals surface area contributed by atoms with E-state index in [-0.39, 0.29) is 0 Å². The van der Waals surface area contributed by atoms with Crippen LogP contribution in [0.2, 0.25) is 0 Å². The van der Waals surface area contributed by atoms with Crippen LogP contribution < -0.4 is 9.13 Å². The summed E-state index contributed by atoms with van der Waals surface area (Å²) in [7, 11) is 0. The van der Waals surface area contributed by atoms with Crippen LogP contribution in [-0.4, -0.2) is 9.13 Å². The Hall–Kier alpha value is -3.40. The van der Waals surface area contributed by atoms with E-state index in [9.17, 15) is 0 Å². The van der Waals surface area contributed by atoms with Crippen LogP contribution in [-0.2, 0) is 26.2 Å². The molecule has 0 atom stereocenters. The topological polar surface area (TPSA) is 17.6 Å². The summed E-state index contributed by atoms with van der Waals surface area (Å²) in [5, 5.41) is 0. The molecule has 162 valence electrons. The predicted molar refractivity (Wildman–Crippen MR) is 129 cm³/mol. The van der Waals surface area contributed by atoms with Gasteiger partial charge in [-0.05, 0) is 54.3 Å². The van der Waals surface area contributed by atoms with Gasteiger partial charge in [0.05, 0.1) is 13.1 Å². The molecule has 4 nitrogen and oxygen atoms in total. The van der Waals surface area contributed by atoms with E-state index in [0.717, 1.165) is 39.0 Å². The molecule has 0 fully saturated rings. The first-order valence-corrected chi connectivity index (χ1v) is 11.8. The molecule has 32 heavy (non-hydrogen) atoms. The van der Waals surface area contributed by atoms with E-state index in [2.05, 4.69) is 118 Å². The highest BCUT2D eigenvalue weighted by Gasteiger charge is 2.17. The molecule has 0 amide bonds. The average molecular weight is 425 g/mol. The highest BCUT2D eigenvalue weighted by atomic mass is 15.1. The van der Waals surface area contributed by atoms with Gasteiger partial charge >= 0.3 is 0 Å². The number of imidazole rings is 2. The van der Waals surface area contributed by atoms with E-state index in [1.165, 1.54) is 33.2 Å². The monoisotopic (exact) mass is 424 g/mol. The van der Waals surface area contributed by atoms with Crippen LogP contribution in [0.4, 0.5) is 0 Å². The van der Waals surface area contributed by atoms with Crippen LogP contribution in [0, 0.1) is 0 Å². The minimum Gasteiger partial charge on any atom is -0.230 e. The third kappa shape index (κ3) is 3.93. The van der Waals surface area contributed by atoms with Crippen molar-refractivity contribution < 1.29 is 9.13 Å². The molecule has 0 aliphatic heterocycles. The largest absolute Gasteiger partial charge is 0.245 e. The van der Waals surface area contributed by atoms with Crippen LogP contribution in [0.1, 0.15) is 37.8 Å². The summed E-state index contributed by atoms with van der Waals surface area (Å²) < 4.78 is 9.50. The summed E-state index contributed by atoms with van der Waals surface area (Å²) in [5.41, 5.74) is 7.89. The normalized spacial score (nSPS) is 11.6. The van der Waals surface area contributed by atoms with Crippen molar-refractivity contribution >= 4 is 22.1 Å². The summed E-state index contributed by atoms with van der Waals surface area (Å²) in [6.45, 7) is 8.33. The van der Waals surface area contributed by atoms with Crippen molar-refractivity contribution in [1.29, 1.82) is 0 Å². The number of fused-ring (bicyclic) bond motifs is 2. The molecule has 4 heteroatoms. The minimum atomic E-state index is 0.882. The van der Waals surface area contributed by atoms with Gasteiger partial charge in [-0.15, -0.1) is 0 Å². The number of benzene rings is 3. The summed E-state index contributed by atoms with van der Waals surface area (Å²) in [5.74, 6) is 0. The number of aryl methyl sites for hydroxylation is 2. The van der Waals surface area contributed by atoms with E-state index in [1.54, 1.807) is 0 Å². The highest BCUT2D eigenvalue weighted by Crippen LogP contribution is 2.15. The number of nitrogens with zero attached hydrogens (tertiary/aromatic N) is 4. The smallest absolute Gasteiger partial charge is 0.230 e. The lowest BCUT2D eigenvalue weighted by Gasteiger charge is -2.04. The number of hydrogen-bond donors (Lipinski definition) is 0. The van der Waals surface area contributed by atoms with Crippen LogP contribution in [0.15, 0.2) is 85.5 Å². The molecule has 0 aliphatic rings. The quantitative estimate of drug-likeness (QED) is 0.309. The van der Waals surface area contributed by atoms with Gasteiger partial charge in [0.15, 0.2) is 22.1 Å². The molecule has 0 radical (unpaired) electrons. The van der Waals surface area contributed by atoms with Crippen LogP contribution >= 0.6 is 0 Å². The van der Waals surface area contributed by atoms with Gasteiger partial charge in [0, 0.05) is 0 Å². The Morgan fingerprint density at radius 3 is 1.53 bits per heavy atom. The molecule has 0 saturated heterocycles. The maximum absolute atomic E-state index is 2.38. The second-order valence-electron chi connectivity index (χ2n) is 8.67. The Morgan fingerprint density at radius 2 is 1.06 bits per heavy atom. The molecule has 0 bridgehead atoms. The zero-order valence-electron chi connectivity index (χ0n) is 19.1. The Bertz CT molecular complexity index is 1260. The van der Waals surface area contributed by atoms with E-state index in [1.807, 2.05) is 0 Å². The van der Waals surface area contributed by atoms with Crippen LogP contribution in [0.5, 0.6) is 0 Å². The van der Waals surface area contributed by atoms with Crippen molar-refractivity contribution in [1.82, 2.24) is 9.13 Å². The lowest BCUT2D eigenvalue weighted by atomic mass is 10.1. The van der Waals surface area contributed by atoms with Gasteiger partial charge in [0.1, 0.15) is 13.1 Å². The van der Waals surface area contributed by atoms with E-state index >= 15 is 0 Å². The molecule has 3 aromatic carbocycles. The molecular weight excluding hydrogens is 392 g/mol. The fourth-order valence-electron chi connectivity index (χ4n) is 4.80. The Labute approximate surface area is 190 Å². The van der Waals surface area contributed by atoms with Crippen molar-refractivity contribution in [2.24, 2.45) is 0 Å². The van der Waals surface area contributed by atoms with Crippen molar-refractivity contribution in [2.45, 2.75) is 52.9 Å². The Morgan fingerprint density at radius 1 is 0.594 bits per heavy atom. The SMILES string of the molecule is CCCn1c[n+](Cc2cccc(C[n+]3cn(CCC)c4ccccc43)c2)c2ccccc21. The Kier molecular flexibility index (Phi) is 5.76. The first-order chi connectivity index (χ1) is 15.8. The molecular formula is C28H32N4+2. The van der Waals surface area contributed by atoms with Gasteiger partial charge < -0.3 is 0 Å². The zero-order valence-corrected chi connectivity index (χ0v) is 19.1. The molecule has 0 aliphatic carbocycles. The maximum Gasteiger partial charge on any atom is 0.245 e. The summed E-state index contributed by atoms with van der Waals surface area (Å²) in [4.78, 5) is 0. The molecule has 5 aromatic rings. The second-order valence-corrected chi connectivity index (χ2v) is 8.67. The molecule has 0 spiro atoms. The van der Waals surface area contributed by atoms with Crippen molar-refractivity contribution in [3.8, 4) is 0 Å². The minimum absolute atomic E-state index is 0.882. The van der Waals surface area contributed by atoms with Crippen molar-refractivity contribution in [2.75, 3.05) is 0 Å². The van der Waals surface area contributed by atoms with Gasteiger partial charge in [-0.25, -0.2) is 18.3 Å². The summed E-state index contributed by atoms with van der Waals surface area (Å²) in [6.07, 6.45) is 6.82. The predicted octanol–water partition coefficient (Wildman–Crippen LogP) is 5.09. The fourth-order valence-corrected chi connectivity index (χ4v) is 4.80. The molecule has 5 rings (SSSR count). The lowest BCUT2D eigenvalue weighted by Crippen LogP contribution is -2.34. The first-order valence-electron chi connectivity index (χ1n) is 11.8. The molecule has 2 aromatic heterocycles. The molecule has 0 N–H and O–H groups in total. The number of rotatable bonds is 8. The third-order valence-electron chi connectivity index (χ3n) is 6.18. The maximum atomic E-state index is 2.38. The lowest BCUT2D eigenvalue weighted by molar-refractivity contribution is -0.664. The van der Waals surface area contributed by atoms with Crippen LogP contribution in [0.25, 0.3) is 22.1 Å².